The number of hydrogen-bond donors (Lipinski definition) is 1. The van der Waals surface area contributed by atoms with Crippen LogP contribution in [-0.2, 0) is 10.0 Å². The van der Waals surface area contributed by atoms with E-state index >= 15 is 0 Å². The molecule has 6 nitrogen and oxygen atoms in total. The molecule has 2 unspecified atom stereocenters. The number of alkyl halides is 2. The van der Waals surface area contributed by atoms with Crippen molar-refractivity contribution >= 4 is 10.0 Å². The van der Waals surface area contributed by atoms with E-state index in [2.05, 4.69) is 15.2 Å². The van der Waals surface area contributed by atoms with Crippen LogP contribution in [-0.4, -0.2) is 46.1 Å². The standard InChI is InChI=1S/C17H28F2N4O2S/c1-12(2)15-20-16(22-21-15)14-8-4-6-10-23(14)26(24,25)11-13-7-3-5-9-17(13,18)19/h12-14H,3-11H2,1-2H3,(H,20,21,22). The summed E-state index contributed by atoms with van der Waals surface area (Å²) in [5.74, 6) is -3.18. The molecule has 0 bridgehead atoms. The SMILES string of the molecule is CC(C)c1n[nH]c(C2CCCCN2S(=O)(=O)CC2CCCCC2(F)F)n1. The smallest absolute Gasteiger partial charge is 0.251 e. The van der Waals surface area contributed by atoms with Crippen LogP contribution < -0.4 is 0 Å². The molecule has 2 aliphatic rings. The molecule has 0 amide bonds. The molecule has 3 rings (SSSR count). The number of hydrogen-bond acceptors (Lipinski definition) is 4. The van der Waals surface area contributed by atoms with Gasteiger partial charge in [-0.25, -0.2) is 22.2 Å². The minimum Gasteiger partial charge on any atom is -0.262 e. The van der Waals surface area contributed by atoms with Gasteiger partial charge in [0.2, 0.25) is 10.0 Å². The fraction of sp³-hybridized carbons (Fsp3) is 0.882. The van der Waals surface area contributed by atoms with E-state index in [1.54, 1.807) is 0 Å². The predicted octanol–water partition coefficient (Wildman–Crippen LogP) is 3.61. The number of halogens is 2. The summed E-state index contributed by atoms with van der Waals surface area (Å²) < 4.78 is 55.7. The molecular formula is C17H28F2N4O2S. The molecule has 0 radical (unpaired) electrons. The molecule has 2 atom stereocenters. The summed E-state index contributed by atoms with van der Waals surface area (Å²) in [6.45, 7) is 4.28. The van der Waals surface area contributed by atoms with Crippen molar-refractivity contribution in [2.45, 2.75) is 76.7 Å². The first-order chi connectivity index (χ1) is 12.2. The number of piperidine rings is 1. The van der Waals surface area contributed by atoms with Crippen LogP contribution in [0.3, 0.4) is 0 Å². The van der Waals surface area contributed by atoms with Gasteiger partial charge in [0, 0.05) is 24.8 Å². The third-order valence-corrected chi connectivity index (χ3v) is 7.46. The summed E-state index contributed by atoms with van der Waals surface area (Å²) in [6, 6.07) is -0.439. The predicted molar refractivity (Wildman–Crippen MR) is 94.5 cm³/mol. The Kier molecular flexibility index (Phi) is 5.67. The number of sulfonamides is 1. The van der Waals surface area contributed by atoms with Crippen molar-refractivity contribution in [3.63, 3.8) is 0 Å². The zero-order valence-corrected chi connectivity index (χ0v) is 16.2. The van der Waals surface area contributed by atoms with Crippen molar-refractivity contribution in [1.29, 1.82) is 0 Å². The molecule has 2 heterocycles. The molecule has 148 valence electrons. The summed E-state index contributed by atoms with van der Waals surface area (Å²) in [5, 5.41) is 7.03. The van der Waals surface area contributed by atoms with Crippen LogP contribution in [0, 0.1) is 5.92 Å². The summed E-state index contributed by atoms with van der Waals surface area (Å²) in [7, 11) is -3.80. The molecule has 1 aliphatic heterocycles. The van der Waals surface area contributed by atoms with E-state index in [0.29, 0.717) is 37.5 Å². The zero-order chi connectivity index (χ0) is 18.9. The van der Waals surface area contributed by atoms with Crippen molar-refractivity contribution in [3.8, 4) is 0 Å². The number of nitrogens with one attached hydrogen (secondary N) is 1. The first kappa shape index (κ1) is 19.7. The molecule has 26 heavy (non-hydrogen) atoms. The Labute approximate surface area is 153 Å². The van der Waals surface area contributed by atoms with Crippen LogP contribution in [0.25, 0.3) is 0 Å². The third kappa shape index (κ3) is 4.08. The Morgan fingerprint density at radius 2 is 1.96 bits per heavy atom. The van der Waals surface area contributed by atoms with E-state index in [-0.39, 0.29) is 18.8 Å². The van der Waals surface area contributed by atoms with Gasteiger partial charge in [0.1, 0.15) is 5.82 Å². The van der Waals surface area contributed by atoms with Gasteiger partial charge in [0.15, 0.2) is 5.82 Å². The van der Waals surface area contributed by atoms with Crippen molar-refractivity contribution in [2.24, 2.45) is 5.92 Å². The Bertz CT molecular complexity index is 720. The lowest BCUT2D eigenvalue weighted by Crippen LogP contribution is -2.45. The number of nitrogens with zero attached hydrogens (tertiary/aromatic N) is 3. The second-order valence-electron chi connectivity index (χ2n) is 7.84. The molecule has 1 saturated carbocycles. The lowest BCUT2D eigenvalue weighted by atomic mass is 9.87. The molecule has 0 spiro atoms. The second kappa shape index (κ2) is 7.50. The van der Waals surface area contributed by atoms with Gasteiger partial charge in [-0.3, -0.25) is 5.10 Å². The number of rotatable bonds is 5. The number of H-pyrrole nitrogens is 1. The lowest BCUT2D eigenvalue weighted by molar-refractivity contribution is -0.0774. The van der Waals surface area contributed by atoms with Crippen LogP contribution in [0.15, 0.2) is 0 Å². The summed E-state index contributed by atoms with van der Waals surface area (Å²) in [5.41, 5.74) is 0. The van der Waals surface area contributed by atoms with Gasteiger partial charge in [-0.15, -0.1) is 0 Å². The van der Waals surface area contributed by atoms with Crippen molar-refractivity contribution < 1.29 is 17.2 Å². The van der Waals surface area contributed by atoms with Crippen molar-refractivity contribution in [2.75, 3.05) is 12.3 Å². The van der Waals surface area contributed by atoms with Crippen LogP contribution in [0.1, 0.15) is 82.4 Å². The number of aromatic nitrogens is 3. The second-order valence-corrected chi connectivity index (χ2v) is 9.80. The van der Waals surface area contributed by atoms with Crippen LogP contribution in [0.5, 0.6) is 0 Å². The normalized spacial score (nSPS) is 27.7. The topological polar surface area (TPSA) is 79.0 Å². The van der Waals surface area contributed by atoms with Crippen LogP contribution in [0.2, 0.25) is 0 Å². The number of aromatic amines is 1. The highest BCUT2D eigenvalue weighted by Crippen LogP contribution is 2.41. The van der Waals surface area contributed by atoms with Crippen molar-refractivity contribution in [1.82, 2.24) is 19.5 Å². The van der Waals surface area contributed by atoms with E-state index in [9.17, 15) is 17.2 Å². The average molecular weight is 391 g/mol. The maximum Gasteiger partial charge on any atom is 0.251 e. The Morgan fingerprint density at radius 1 is 1.23 bits per heavy atom. The van der Waals surface area contributed by atoms with Gasteiger partial charge in [-0.2, -0.15) is 9.40 Å². The largest absolute Gasteiger partial charge is 0.262 e. The van der Waals surface area contributed by atoms with Gasteiger partial charge in [-0.1, -0.05) is 26.7 Å². The lowest BCUT2D eigenvalue weighted by Gasteiger charge is -2.36. The summed E-state index contributed by atoms with van der Waals surface area (Å²) in [6.07, 6.45) is 3.44. The van der Waals surface area contributed by atoms with Crippen LogP contribution >= 0.6 is 0 Å². The van der Waals surface area contributed by atoms with Gasteiger partial charge in [-0.05, 0) is 25.7 Å². The Balaban J connectivity index is 1.81. The van der Waals surface area contributed by atoms with Gasteiger partial charge in [0.05, 0.1) is 11.8 Å². The molecule has 1 aromatic heterocycles. The Hall–Kier alpha value is -1.09. The highest BCUT2D eigenvalue weighted by atomic mass is 32.2. The quantitative estimate of drug-likeness (QED) is 0.833. The zero-order valence-electron chi connectivity index (χ0n) is 15.4. The maximum absolute atomic E-state index is 14.2. The van der Waals surface area contributed by atoms with E-state index in [1.165, 1.54) is 4.31 Å². The van der Waals surface area contributed by atoms with Gasteiger partial charge >= 0.3 is 0 Å². The van der Waals surface area contributed by atoms with E-state index in [1.807, 2.05) is 13.8 Å². The molecule has 9 heteroatoms. The third-order valence-electron chi connectivity index (χ3n) is 5.48. The molecular weight excluding hydrogens is 362 g/mol. The molecule has 1 aromatic rings. The summed E-state index contributed by atoms with van der Waals surface area (Å²) in [4.78, 5) is 4.45. The highest BCUT2D eigenvalue weighted by Gasteiger charge is 2.46. The fourth-order valence-corrected chi connectivity index (χ4v) is 6.04. The molecule has 1 N–H and O–H groups in total. The molecule has 0 aromatic carbocycles. The van der Waals surface area contributed by atoms with E-state index in [4.69, 9.17) is 0 Å². The van der Waals surface area contributed by atoms with Crippen molar-refractivity contribution in [3.05, 3.63) is 11.6 Å². The fourth-order valence-electron chi connectivity index (χ4n) is 3.93. The first-order valence-electron chi connectivity index (χ1n) is 9.50. The minimum atomic E-state index is -3.80. The van der Waals surface area contributed by atoms with E-state index < -0.39 is 33.7 Å². The monoisotopic (exact) mass is 390 g/mol. The highest BCUT2D eigenvalue weighted by molar-refractivity contribution is 7.89. The Morgan fingerprint density at radius 3 is 2.62 bits per heavy atom. The van der Waals surface area contributed by atoms with Gasteiger partial charge < -0.3 is 0 Å². The minimum absolute atomic E-state index is 0.134. The molecule has 2 fully saturated rings. The maximum atomic E-state index is 14.2. The molecule has 1 saturated heterocycles. The first-order valence-corrected chi connectivity index (χ1v) is 11.1. The van der Waals surface area contributed by atoms with Crippen LogP contribution in [0.4, 0.5) is 8.78 Å². The van der Waals surface area contributed by atoms with Gasteiger partial charge in [0.25, 0.3) is 5.92 Å². The molecule has 1 aliphatic carbocycles. The van der Waals surface area contributed by atoms with E-state index in [0.717, 1.165) is 12.8 Å². The summed E-state index contributed by atoms with van der Waals surface area (Å²) >= 11 is 0. The average Bonchev–Trinajstić information content (AvgIpc) is 3.07.